The van der Waals surface area contributed by atoms with Gasteiger partial charge in [0.05, 0.1) is 18.0 Å². The van der Waals surface area contributed by atoms with Gasteiger partial charge in [-0.1, -0.05) is 23.0 Å². The van der Waals surface area contributed by atoms with Gasteiger partial charge in [-0.25, -0.2) is 4.79 Å². The van der Waals surface area contributed by atoms with Crippen molar-refractivity contribution in [2.75, 3.05) is 0 Å². The zero-order chi connectivity index (χ0) is 9.80. The number of nitrogens with zero attached hydrogens (tertiary/aromatic N) is 2. The highest BCUT2D eigenvalue weighted by Gasteiger charge is 2.06. The SMILES string of the molecule is O=C(On1cccn1)c1ccccc1. The third kappa shape index (κ3) is 1.80. The quantitative estimate of drug-likeness (QED) is 0.710. The fourth-order valence-corrected chi connectivity index (χ4v) is 1.02. The molecule has 0 N–H and O–H groups in total. The van der Waals surface area contributed by atoms with E-state index in [0.29, 0.717) is 5.56 Å². The first-order valence-corrected chi connectivity index (χ1v) is 4.13. The number of carbonyl (C=O) groups is 1. The Hall–Kier alpha value is -2.10. The molecule has 4 heteroatoms. The summed E-state index contributed by atoms with van der Waals surface area (Å²) in [6.45, 7) is 0. The molecular formula is C10H8N2O2. The molecule has 14 heavy (non-hydrogen) atoms. The molecule has 0 spiro atoms. The monoisotopic (exact) mass is 188 g/mol. The summed E-state index contributed by atoms with van der Waals surface area (Å²) >= 11 is 0. The van der Waals surface area contributed by atoms with Crippen LogP contribution in [0.3, 0.4) is 0 Å². The van der Waals surface area contributed by atoms with Crippen LogP contribution in [0.2, 0.25) is 0 Å². The lowest BCUT2D eigenvalue weighted by molar-refractivity contribution is 0.0394. The fourth-order valence-electron chi connectivity index (χ4n) is 1.02. The lowest BCUT2D eigenvalue weighted by Crippen LogP contribution is -2.19. The maximum Gasteiger partial charge on any atom is 0.365 e. The van der Waals surface area contributed by atoms with Crippen LogP contribution >= 0.6 is 0 Å². The van der Waals surface area contributed by atoms with Crippen molar-refractivity contribution in [3.63, 3.8) is 0 Å². The van der Waals surface area contributed by atoms with Gasteiger partial charge in [-0.15, -0.1) is 5.10 Å². The minimum atomic E-state index is -0.422. The molecule has 0 saturated heterocycles. The normalized spacial score (nSPS) is 9.71. The van der Waals surface area contributed by atoms with Crippen molar-refractivity contribution < 1.29 is 9.63 Å². The Morgan fingerprint density at radius 3 is 2.64 bits per heavy atom. The molecule has 0 aliphatic rings. The molecule has 0 bridgehead atoms. The molecule has 0 fully saturated rings. The molecule has 0 unspecified atom stereocenters. The van der Waals surface area contributed by atoms with Crippen LogP contribution < -0.4 is 4.84 Å². The molecule has 0 aliphatic heterocycles. The highest BCUT2D eigenvalue weighted by molar-refractivity contribution is 5.89. The highest BCUT2D eigenvalue weighted by Crippen LogP contribution is 1.98. The van der Waals surface area contributed by atoms with Crippen LogP contribution in [0, 0.1) is 0 Å². The van der Waals surface area contributed by atoms with E-state index in [1.165, 1.54) is 6.20 Å². The predicted molar refractivity (Wildman–Crippen MR) is 49.6 cm³/mol. The third-order valence-corrected chi connectivity index (χ3v) is 1.67. The van der Waals surface area contributed by atoms with E-state index in [0.717, 1.165) is 4.85 Å². The lowest BCUT2D eigenvalue weighted by Gasteiger charge is -2.01. The minimum absolute atomic E-state index is 0.422. The van der Waals surface area contributed by atoms with E-state index in [2.05, 4.69) is 5.10 Å². The fraction of sp³-hybridized carbons (Fsp3) is 0. The van der Waals surface area contributed by atoms with Gasteiger partial charge in [0.15, 0.2) is 0 Å². The van der Waals surface area contributed by atoms with Crippen molar-refractivity contribution >= 4 is 5.97 Å². The topological polar surface area (TPSA) is 44.1 Å². The molecule has 4 nitrogen and oxygen atoms in total. The van der Waals surface area contributed by atoms with Crippen molar-refractivity contribution in [1.82, 2.24) is 9.94 Å². The van der Waals surface area contributed by atoms with Gasteiger partial charge in [-0.2, -0.15) is 0 Å². The lowest BCUT2D eigenvalue weighted by atomic mass is 10.2. The van der Waals surface area contributed by atoms with Crippen LogP contribution in [0.25, 0.3) is 0 Å². The Morgan fingerprint density at radius 2 is 2.00 bits per heavy atom. The number of rotatable bonds is 2. The number of hydrogen-bond donors (Lipinski definition) is 0. The van der Waals surface area contributed by atoms with E-state index in [1.807, 2.05) is 6.07 Å². The number of aromatic nitrogens is 2. The molecule has 0 amide bonds. The smallest absolute Gasteiger partial charge is 0.314 e. The molecule has 0 aliphatic carbocycles. The number of carbonyl (C=O) groups excluding carboxylic acids is 1. The molecule has 70 valence electrons. The largest absolute Gasteiger partial charge is 0.365 e. The highest BCUT2D eigenvalue weighted by atomic mass is 16.7. The van der Waals surface area contributed by atoms with Crippen LogP contribution in [0.15, 0.2) is 48.8 Å². The second kappa shape index (κ2) is 3.74. The van der Waals surface area contributed by atoms with E-state index >= 15 is 0 Å². The minimum Gasteiger partial charge on any atom is -0.314 e. The van der Waals surface area contributed by atoms with E-state index in [4.69, 9.17) is 4.84 Å². The van der Waals surface area contributed by atoms with Crippen molar-refractivity contribution in [2.24, 2.45) is 0 Å². The summed E-state index contributed by atoms with van der Waals surface area (Å²) in [5.41, 5.74) is 0.503. The maximum atomic E-state index is 11.4. The third-order valence-electron chi connectivity index (χ3n) is 1.67. The van der Waals surface area contributed by atoms with E-state index in [-0.39, 0.29) is 0 Å². The Balaban J connectivity index is 2.11. The Labute approximate surface area is 80.7 Å². The standard InChI is InChI=1S/C10H8N2O2/c13-10(9-5-2-1-3-6-9)14-12-8-4-7-11-12/h1-8H. The van der Waals surface area contributed by atoms with Crippen LogP contribution in [-0.2, 0) is 0 Å². The Morgan fingerprint density at radius 1 is 1.21 bits per heavy atom. The molecule has 0 saturated carbocycles. The summed E-state index contributed by atoms with van der Waals surface area (Å²) in [6, 6.07) is 10.4. The zero-order valence-electron chi connectivity index (χ0n) is 7.33. The second-order valence-corrected chi connectivity index (χ2v) is 2.65. The van der Waals surface area contributed by atoms with Gasteiger partial charge in [-0.05, 0) is 18.2 Å². The zero-order valence-corrected chi connectivity index (χ0v) is 7.33. The summed E-state index contributed by atoms with van der Waals surface area (Å²) in [4.78, 5) is 17.5. The number of hydrogen-bond acceptors (Lipinski definition) is 3. The molecule has 1 aromatic heterocycles. The van der Waals surface area contributed by atoms with Gasteiger partial charge < -0.3 is 4.84 Å². The van der Waals surface area contributed by atoms with Gasteiger partial charge in [0, 0.05) is 0 Å². The first kappa shape index (κ1) is 8.50. The first-order valence-electron chi connectivity index (χ1n) is 4.13. The predicted octanol–water partition coefficient (Wildman–Crippen LogP) is 1.15. The second-order valence-electron chi connectivity index (χ2n) is 2.65. The average Bonchev–Trinajstić information content (AvgIpc) is 2.72. The number of benzene rings is 1. The van der Waals surface area contributed by atoms with Crippen molar-refractivity contribution in [3.8, 4) is 0 Å². The summed E-state index contributed by atoms with van der Waals surface area (Å²) in [7, 11) is 0. The molecular weight excluding hydrogens is 180 g/mol. The van der Waals surface area contributed by atoms with Crippen molar-refractivity contribution in [1.29, 1.82) is 0 Å². The van der Waals surface area contributed by atoms with Crippen LogP contribution in [0.4, 0.5) is 0 Å². The van der Waals surface area contributed by atoms with Gasteiger partial charge in [0.2, 0.25) is 0 Å². The molecule has 1 heterocycles. The first-order chi connectivity index (χ1) is 6.86. The van der Waals surface area contributed by atoms with Gasteiger partial charge >= 0.3 is 5.97 Å². The van der Waals surface area contributed by atoms with Crippen molar-refractivity contribution in [2.45, 2.75) is 0 Å². The molecule has 0 radical (unpaired) electrons. The van der Waals surface area contributed by atoms with Crippen LogP contribution in [0.5, 0.6) is 0 Å². The summed E-state index contributed by atoms with van der Waals surface area (Å²) < 4.78 is 0. The van der Waals surface area contributed by atoms with Gasteiger partial charge in [-0.3, -0.25) is 0 Å². The van der Waals surface area contributed by atoms with Gasteiger partial charge in [0.25, 0.3) is 0 Å². The van der Waals surface area contributed by atoms with E-state index in [1.54, 1.807) is 36.5 Å². The van der Waals surface area contributed by atoms with E-state index < -0.39 is 5.97 Å². The van der Waals surface area contributed by atoms with Crippen LogP contribution in [0.1, 0.15) is 10.4 Å². The molecule has 1 aromatic carbocycles. The Kier molecular flexibility index (Phi) is 2.27. The van der Waals surface area contributed by atoms with Gasteiger partial charge in [0.1, 0.15) is 0 Å². The Bertz CT molecular complexity index is 409. The summed E-state index contributed by atoms with van der Waals surface area (Å²) in [5.74, 6) is -0.422. The molecule has 0 atom stereocenters. The summed E-state index contributed by atoms with van der Waals surface area (Å²) in [5, 5.41) is 3.76. The molecule has 2 aromatic rings. The summed E-state index contributed by atoms with van der Waals surface area (Å²) in [6.07, 6.45) is 3.10. The maximum absolute atomic E-state index is 11.4. The van der Waals surface area contributed by atoms with Crippen molar-refractivity contribution in [3.05, 3.63) is 54.4 Å². The van der Waals surface area contributed by atoms with Crippen LogP contribution in [-0.4, -0.2) is 15.9 Å². The molecule has 2 rings (SSSR count). The van der Waals surface area contributed by atoms with E-state index in [9.17, 15) is 4.79 Å². The average molecular weight is 188 g/mol.